The van der Waals surface area contributed by atoms with Crippen molar-refractivity contribution >= 4 is 5.52 Å². The summed E-state index contributed by atoms with van der Waals surface area (Å²) >= 11 is 0. The van der Waals surface area contributed by atoms with Gasteiger partial charge in [0.15, 0.2) is 0 Å². The highest BCUT2D eigenvalue weighted by molar-refractivity contribution is 5.56. The molecule has 1 aromatic carbocycles. The smallest absolute Gasteiger partial charge is 0.119 e. The molecule has 4 nitrogen and oxygen atoms in total. The van der Waals surface area contributed by atoms with E-state index in [9.17, 15) is 5.11 Å². The third-order valence-electron chi connectivity index (χ3n) is 3.77. The van der Waals surface area contributed by atoms with Gasteiger partial charge in [-0.3, -0.25) is 0 Å². The number of benzene rings is 1. The van der Waals surface area contributed by atoms with E-state index >= 15 is 0 Å². The molecule has 1 saturated carbocycles. The van der Waals surface area contributed by atoms with Gasteiger partial charge in [0, 0.05) is 11.8 Å². The van der Waals surface area contributed by atoms with E-state index in [0.717, 1.165) is 35.2 Å². The molecule has 4 rings (SSSR count). The van der Waals surface area contributed by atoms with Gasteiger partial charge >= 0.3 is 0 Å². The first-order chi connectivity index (χ1) is 10.3. The van der Waals surface area contributed by atoms with Gasteiger partial charge in [0.25, 0.3) is 0 Å². The lowest BCUT2D eigenvalue weighted by atomic mass is 10.0. The van der Waals surface area contributed by atoms with Gasteiger partial charge in [-0.1, -0.05) is 18.2 Å². The number of aromatic nitrogens is 2. The summed E-state index contributed by atoms with van der Waals surface area (Å²) in [6.07, 6.45) is 5.59. The van der Waals surface area contributed by atoms with Crippen LogP contribution in [0.1, 0.15) is 30.1 Å². The van der Waals surface area contributed by atoms with E-state index in [2.05, 4.69) is 5.10 Å². The van der Waals surface area contributed by atoms with Crippen molar-refractivity contribution in [2.75, 3.05) is 0 Å². The average Bonchev–Trinajstić information content (AvgIpc) is 3.23. The highest BCUT2D eigenvalue weighted by Crippen LogP contribution is 2.30. The summed E-state index contributed by atoms with van der Waals surface area (Å²) in [7, 11) is 0. The molecule has 1 aliphatic carbocycles. The van der Waals surface area contributed by atoms with Crippen LogP contribution in [0.4, 0.5) is 0 Å². The molecule has 106 valence electrons. The lowest BCUT2D eigenvalue weighted by Gasteiger charge is -2.11. The van der Waals surface area contributed by atoms with Crippen LogP contribution in [0.25, 0.3) is 5.52 Å². The maximum atomic E-state index is 10.6. The Morgan fingerprint density at radius 1 is 1.14 bits per heavy atom. The highest BCUT2D eigenvalue weighted by Gasteiger charge is 2.23. The first kappa shape index (κ1) is 12.4. The molecular formula is C17H16N2O2. The van der Waals surface area contributed by atoms with E-state index in [4.69, 9.17) is 4.74 Å². The second-order valence-electron chi connectivity index (χ2n) is 5.42. The van der Waals surface area contributed by atoms with Gasteiger partial charge in [-0.25, -0.2) is 4.52 Å². The van der Waals surface area contributed by atoms with Crippen molar-refractivity contribution in [1.82, 2.24) is 9.61 Å². The quantitative estimate of drug-likeness (QED) is 0.799. The minimum Gasteiger partial charge on any atom is -0.490 e. The van der Waals surface area contributed by atoms with E-state index in [1.165, 1.54) is 0 Å². The summed E-state index contributed by atoms with van der Waals surface area (Å²) in [4.78, 5) is 0. The topological polar surface area (TPSA) is 46.8 Å². The minimum absolute atomic E-state index is 0.389. The van der Waals surface area contributed by atoms with Crippen molar-refractivity contribution < 1.29 is 9.84 Å². The fourth-order valence-electron chi connectivity index (χ4n) is 2.45. The number of aliphatic hydroxyl groups is 1. The third-order valence-corrected chi connectivity index (χ3v) is 3.77. The van der Waals surface area contributed by atoms with E-state index in [-0.39, 0.29) is 0 Å². The van der Waals surface area contributed by atoms with Gasteiger partial charge in [-0.2, -0.15) is 5.10 Å². The van der Waals surface area contributed by atoms with Crippen LogP contribution < -0.4 is 4.74 Å². The van der Waals surface area contributed by atoms with Crippen LogP contribution in [-0.4, -0.2) is 20.8 Å². The molecule has 1 aliphatic rings. The number of pyridine rings is 1. The largest absolute Gasteiger partial charge is 0.490 e. The molecule has 0 bridgehead atoms. The molecule has 1 fully saturated rings. The number of ether oxygens (including phenoxy) is 1. The molecule has 1 unspecified atom stereocenters. The standard InChI is InChI=1S/C17H16N2O2/c20-17(15-11-18-19-10-2-1-3-16(15)19)12-4-6-13(7-5-12)21-14-8-9-14/h1-7,10-11,14,17,20H,8-9H2. The number of fused-ring (bicyclic) bond motifs is 1. The Bertz CT molecular complexity index is 760. The SMILES string of the molecule is OC(c1ccc(OC2CC2)cc1)c1cnn2ccccc12. The van der Waals surface area contributed by atoms with Gasteiger partial charge in [-0.05, 0) is 42.7 Å². The van der Waals surface area contributed by atoms with E-state index in [1.807, 2.05) is 48.7 Å². The molecule has 1 N–H and O–H groups in total. The maximum Gasteiger partial charge on any atom is 0.119 e. The number of rotatable bonds is 4. The predicted octanol–water partition coefficient (Wildman–Crippen LogP) is 2.96. The second-order valence-corrected chi connectivity index (χ2v) is 5.42. The molecule has 0 amide bonds. The van der Waals surface area contributed by atoms with Crippen LogP contribution in [0.3, 0.4) is 0 Å². The van der Waals surface area contributed by atoms with Crippen molar-refractivity contribution in [3.63, 3.8) is 0 Å². The van der Waals surface area contributed by atoms with Crippen molar-refractivity contribution in [3.8, 4) is 5.75 Å². The molecule has 2 heterocycles. The lowest BCUT2D eigenvalue weighted by molar-refractivity contribution is 0.221. The zero-order chi connectivity index (χ0) is 14.2. The first-order valence-electron chi connectivity index (χ1n) is 7.18. The van der Waals surface area contributed by atoms with Crippen molar-refractivity contribution in [3.05, 3.63) is 66.0 Å². The summed E-state index contributed by atoms with van der Waals surface area (Å²) in [6, 6.07) is 13.5. The van der Waals surface area contributed by atoms with Crippen LogP contribution in [0, 0.1) is 0 Å². The predicted molar refractivity (Wildman–Crippen MR) is 79.3 cm³/mol. The third kappa shape index (κ3) is 2.38. The zero-order valence-electron chi connectivity index (χ0n) is 11.5. The first-order valence-corrected chi connectivity index (χ1v) is 7.18. The van der Waals surface area contributed by atoms with Gasteiger partial charge in [-0.15, -0.1) is 0 Å². The van der Waals surface area contributed by atoms with Crippen LogP contribution in [0.15, 0.2) is 54.9 Å². The van der Waals surface area contributed by atoms with Crippen molar-refractivity contribution in [2.45, 2.75) is 25.0 Å². The molecule has 21 heavy (non-hydrogen) atoms. The molecule has 3 aromatic rings. The van der Waals surface area contributed by atoms with Gasteiger partial charge in [0.05, 0.1) is 17.8 Å². The Hall–Kier alpha value is -2.33. The number of nitrogens with zero attached hydrogens (tertiary/aromatic N) is 2. The molecule has 0 saturated heterocycles. The van der Waals surface area contributed by atoms with Gasteiger partial charge in [0.2, 0.25) is 0 Å². The summed E-state index contributed by atoms with van der Waals surface area (Å²) in [6.45, 7) is 0. The number of hydrogen-bond donors (Lipinski definition) is 1. The molecule has 1 atom stereocenters. The summed E-state index contributed by atoms with van der Waals surface area (Å²) < 4.78 is 7.49. The van der Waals surface area contributed by atoms with Crippen LogP contribution in [-0.2, 0) is 0 Å². The Kier molecular flexibility index (Phi) is 2.89. The van der Waals surface area contributed by atoms with Crippen molar-refractivity contribution in [2.24, 2.45) is 0 Å². The summed E-state index contributed by atoms with van der Waals surface area (Å²) in [5, 5.41) is 14.8. The second kappa shape index (κ2) is 4.90. The molecule has 4 heteroatoms. The Morgan fingerprint density at radius 3 is 2.71 bits per heavy atom. The minimum atomic E-state index is -0.681. The van der Waals surface area contributed by atoms with E-state index < -0.39 is 6.10 Å². The van der Waals surface area contributed by atoms with Gasteiger partial charge < -0.3 is 9.84 Å². The lowest BCUT2D eigenvalue weighted by Crippen LogP contribution is -2.00. The number of hydrogen-bond acceptors (Lipinski definition) is 3. The normalized spacial score (nSPS) is 16.0. The maximum absolute atomic E-state index is 10.6. The van der Waals surface area contributed by atoms with Crippen LogP contribution in [0.2, 0.25) is 0 Å². The highest BCUT2D eigenvalue weighted by atomic mass is 16.5. The molecule has 0 aliphatic heterocycles. The average molecular weight is 280 g/mol. The molecule has 0 radical (unpaired) electrons. The Labute approximate surface area is 122 Å². The molecule has 0 spiro atoms. The monoisotopic (exact) mass is 280 g/mol. The van der Waals surface area contributed by atoms with Crippen molar-refractivity contribution in [1.29, 1.82) is 0 Å². The zero-order valence-corrected chi connectivity index (χ0v) is 11.5. The fourth-order valence-corrected chi connectivity index (χ4v) is 2.45. The van der Waals surface area contributed by atoms with Gasteiger partial charge in [0.1, 0.15) is 11.9 Å². The number of aliphatic hydroxyl groups excluding tert-OH is 1. The molecular weight excluding hydrogens is 264 g/mol. The Balaban J connectivity index is 1.62. The Morgan fingerprint density at radius 2 is 1.95 bits per heavy atom. The summed E-state index contributed by atoms with van der Waals surface area (Å²) in [5.41, 5.74) is 2.58. The molecule has 2 aromatic heterocycles. The van der Waals surface area contributed by atoms with Crippen LogP contribution in [0.5, 0.6) is 5.75 Å². The summed E-state index contributed by atoms with van der Waals surface area (Å²) in [5.74, 6) is 0.869. The van der Waals surface area contributed by atoms with E-state index in [0.29, 0.717) is 6.10 Å². The fraction of sp³-hybridized carbons (Fsp3) is 0.235. The van der Waals surface area contributed by atoms with Crippen LogP contribution >= 0.6 is 0 Å². The van der Waals surface area contributed by atoms with E-state index in [1.54, 1.807) is 10.7 Å².